The number of piperidine rings is 1. The fourth-order valence-corrected chi connectivity index (χ4v) is 2.28. The van der Waals surface area contributed by atoms with Crippen LogP contribution in [0.2, 0.25) is 0 Å². The Morgan fingerprint density at radius 1 is 1.47 bits per heavy atom. The van der Waals surface area contributed by atoms with Crippen LogP contribution >= 0.6 is 0 Å². The number of aliphatic hydroxyl groups excluding tert-OH is 1. The van der Waals surface area contributed by atoms with Crippen LogP contribution in [0.3, 0.4) is 0 Å². The van der Waals surface area contributed by atoms with Gasteiger partial charge in [-0.2, -0.15) is 0 Å². The van der Waals surface area contributed by atoms with Crippen LogP contribution in [0.15, 0.2) is 0 Å². The molecule has 0 aromatic rings. The summed E-state index contributed by atoms with van der Waals surface area (Å²) in [6.45, 7) is 6.55. The third-order valence-corrected chi connectivity index (χ3v) is 3.19. The maximum absolute atomic E-state index is 11.7. The SMILES string of the molecule is CCOC(=O)N1CC(CC)CC(NCCO)C1. The monoisotopic (exact) mass is 244 g/mol. The molecule has 2 N–H and O–H groups in total. The van der Waals surface area contributed by atoms with Gasteiger partial charge < -0.3 is 20.1 Å². The van der Waals surface area contributed by atoms with Gasteiger partial charge in [0, 0.05) is 25.7 Å². The second-order valence-corrected chi connectivity index (χ2v) is 4.49. The molecular weight excluding hydrogens is 220 g/mol. The summed E-state index contributed by atoms with van der Waals surface area (Å²) in [7, 11) is 0. The van der Waals surface area contributed by atoms with Crippen molar-refractivity contribution in [3.63, 3.8) is 0 Å². The minimum absolute atomic E-state index is 0.132. The fraction of sp³-hybridized carbons (Fsp3) is 0.917. The highest BCUT2D eigenvalue weighted by Gasteiger charge is 2.29. The molecule has 0 saturated carbocycles. The Morgan fingerprint density at radius 3 is 2.82 bits per heavy atom. The first-order valence-electron chi connectivity index (χ1n) is 6.47. The predicted octanol–water partition coefficient (Wildman–Crippen LogP) is 0.825. The largest absolute Gasteiger partial charge is 0.450 e. The van der Waals surface area contributed by atoms with Crippen LogP contribution in [0, 0.1) is 5.92 Å². The summed E-state index contributed by atoms with van der Waals surface area (Å²) in [5, 5.41) is 12.1. The molecule has 1 fully saturated rings. The Kier molecular flexibility index (Phi) is 6.29. The molecule has 0 aromatic heterocycles. The van der Waals surface area contributed by atoms with Crippen LogP contribution in [-0.2, 0) is 4.74 Å². The minimum atomic E-state index is -0.221. The highest BCUT2D eigenvalue weighted by Crippen LogP contribution is 2.20. The third-order valence-electron chi connectivity index (χ3n) is 3.19. The number of amides is 1. The van der Waals surface area contributed by atoms with Gasteiger partial charge in [0.1, 0.15) is 0 Å². The molecule has 0 aliphatic carbocycles. The van der Waals surface area contributed by atoms with Crippen molar-refractivity contribution < 1.29 is 14.6 Å². The molecule has 2 unspecified atom stereocenters. The average molecular weight is 244 g/mol. The maximum Gasteiger partial charge on any atom is 0.409 e. The molecule has 2 atom stereocenters. The van der Waals surface area contributed by atoms with Crippen molar-refractivity contribution >= 4 is 6.09 Å². The topological polar surface area (TPSA) is 61.8 Å². The standard InChI is InChI=1S/C12H24N2O3/c1-3-10-7-11(13-5-6-15)9-14(8-10)12(16)17-4-2/h10-11,13,15H,3-9H2,1-2H3. The maximum atomic E-state index is 11.7. The first kappa shape index (κ1) is 14.3. The van der Waals surface area contributed by atoms with Crippen molar-refractivity contribution in [3.8, 4) is 0 Å². The number of hydrogen-bond acceptors (Lipinski definition) is 4. The van der Waals surface area contributed by atoms with Gasteiger partial charge in [-0.25, -0.2) is 4.79 Å². The number of hydrogen-bond donors (Lipinski definition) is 2. The van der Waals surface area contributed by atoms with Crippen LogP contribution in [0.25, 0.3) is 0 Å². The Morgan fingerprint density at radius 2 is 2.24 bits per heavy atom. The molecule has 1 aliphatic heterocycles. The Hall–Kier alpha value is -0.810. The van der Waals surface area contributed by atoms with E-state index in [0.29, 0.717) is 25.6 Å². The van der Waals surface area contributed by atoms with Gasteiger partial charge in [0.2, 0.25) is 0 Å². The molecule has 0 spiro atoms. The first-order chi connectivity index (χ1) is 8.21. The average Bonchev–Trinajstić information content (AvgIpc) is 2.36. The summed E-state index contributed by atoms with van der Waals surface area (Å²) in [4.78, 5) is 13.5. The summed E-state index contributed by atoms with van der Waals surface area (Å²) in [6.07, 6.45) is 1.90. The summed E-state index contributed by atoms with van der Waals surface area (Å²) in [5.74, 6) is 0.518. The van der Waals surface area contributed by atoms with E-state index in [4.69, 9.17) is 9.84 Å². The van der Waals surface area contributed by atoms with E-state index in [1.54, 1.807) is 4.90 Å². The Bertz CT molecular complexity index is 236. The molecule has 5 heteroatoms. The lowest BCUT2D eigenvalue weighted by Gasteiger charge is -2.37. The summed E-state index contributed by atoms with van der Waals surface area (Å²) in [6, 6.07) is 0.269. The van der Waals surface area contributed by atoms with Crippen molar-refractivity contribution in [3.05, 3.63) is 0 Å². The zero-order valence-corrected chi connectivity index (χ0v) is 10.8. The molecule has 0 radical (unpaired) electrons. The van der Waals surface area contributed by atoms with Crippen molar-refractivity contribution in [2.75, 3.05) is 32.8 Å². The number of likely N-dealkylation sites (tertiary alicyclic amines) is 1. The number of carbonyl (C=O) groups is 1. The number of carbonyl (C=O) groups excluding carboxylic acids is 1. The van der Waals surface area contributed by atoms with Gasteiger partial charge in [-0.3, -0.25) is 0 Å². The van der Waals surface area contributed by atoms with E-state index < -0.39 is 0 Å². The highest BCUT2D eigenvalue weighted by atomic mass is 16.6. The van der Waals surface area contributed by atoms with Crippen molar-refractivity contribution in [2.24, 2.45) is 5.92 Å². The number of ether oxygens (including phenoxy) is 1. The second-order valence-electron chi connectivity index (χ2n) is 4.49. The van der Waals surface area contributed by atoms with Crippen LogP contribution in [0.5, 0.6) is 0 Å². The lowest BCUT2D eigenvalue weighted by molar-refractivity contribution is 0.0775. The van der Waals surface area contributed by atoms with Crippen LogP contribution < -0.4 is 5.32 Å². The lowest BCUT2D eigenvalue weighted by Crippen LogP contribution is -2.51. The molecule has 1 aliphatic rings. The van der Waals surface area contributed by atoms with Gasteiger partial charge in [0.05, 0.1) is 13.2 Å². The highest BCUT2D eigenvalue weighted by molar-refractivity contribution is 5.67. The molecular formula is C12H24N2O3. The van der Waals surface area contributed by atoms with Crippen LogP contribution in [0.4, 0.5) is 4.79 Å². The number of nitrogens with zero attached hydrogens (tertiary/aromatic N) is 1. The van der Waals surface area contributed by atoms with Crippen molar-refractivity contribution in [1.29, 1.82) is 0 Å². The minimum Gasteiger partial charge on any atom is -0.450 e. The molecule has 1 rings (SSSR count). The van der Waals surface area contributed by atoms with Crippen molar-refractivity contribution in [2.45, 2.75) is 32.7 Å². The van der Waals surface area contributed by atoms with Gasteiger partial charge in [-0.05, 0) is 19.3 Å². The molecule has 1 amide bonds. The summed E-state index contributed by atoms with van der Waals surface area (Å²) < 4.78 is 5.04. The van der Waals surface area contributed by atoms with Crippen LogP contribution in [0.1, 0.15) is 26.7 Å². The van der Waals surface area contributed by atoms with E-state index in [9.17, 15) is 4.79 Å². The van der Waals surface area contributed by atoms with Crippen LogP contribution in [-0.4, -0.2) is 55.0 Å². The number of aliphatic hydroxyl groups is 1. The smallest absolute Gasteiger partial charge is 0.409 e. The van der Waals surface area contributed by atoms with Gasteiger partial charge >= 0.3 is 6.09 Å². The van der Waals surface area contributed by atoms with E-state index in [-0.39, 0.29) is 18.7 Å². The van der Waals surface area contributed by atoms with E-state index in [2.05, 4.69) is 12.2 Å². The van der Waals surface area contributed by atoms with E-state index >= 15 is 0 Å². The van der Waals surface area contributed by atoms with Gasteiger partial charge in [0.15, 0.2) is 0 Å². The second kappa shape index (κ2) is 7.50. The van der Waals surface area contributed by atoms with Gasteiger partial charge in [-0.15, -0.1) is 0 Å². The van der Waals surface area contributed by atoms with Gasteiger partial charge in [0.25, 0.3) is 0 Å². The first-order valence-corrected chi connectivity index (χ1v) is 6.47. The van der Waals surface area contributed by atoms with E-state index in [1.165, 1.54) is 0 Å². The number of nitrogens with one attached hydrogen (secondary N) is 1. The zero-order chi connectivity index (χ0) is 12.7. The Labute approximate surface area is 103 Å². The third kappa shape index (κ3) is 4.52. The molecule has 100 valence electrons. The molecule has 17 heavy (non-hydrogen) atoms. The molecule has 1 heterocycles. The normalized spacial score (nSPS) is 24.8. The van der Waals surface area contributed by atoms with E-state index in [0.717, 1.165) is 19.4 Å². The quantitative estimate of drug-likeness (QED) is 0.752. The number of rotatable bonds is 5. The fourth-order valence-electron chi connectivity index (χ4n) is 2.28. The molecule has 0 bridgehead atoms. The summed E-state index contributed by atoms with van der Waals surface area (Å²) >= 11 is 0. The molecule has 0 aromatic carbocycles. The van der Waals surface area contributed by atoms with Gasteiger partial charge in [-0.1, -0.05) is 13.3 Å². The zero-order valence-electron chi connectivity index (χ0n) is 10.8. The molecule has 1 saturated heterocycles. The summed E-state index contributed by atoms with van der Waals surface area (Å²) in [5.41, 5.74) is 0. The molecule has 5 nitrogen and oxygen atoms in total. The predicted molar refractivity (Wildman–Crippen MR) is 65.9 cm³/mol. The lowest BCUT2D eigenvalue weighted by atomic mass is 9.92. The Balaban J connectivity index is 2.50. The van der Waals surface area contributed by atoms with Crippen molar-refractivity contribution in [1.82, 2.24) is 10.2 Å². The van der Waals surface area contributed by atoms with E-state index in [1.807, 2.05) is 6.92 Å².